The van der Waals surface area contributed by atoms with Crippen molar-refractivity contribution in [1.82, 2.24) is 10.6 Å². The monoisotopic (exact) mass is 266 g/mol. The SMILES string of the molecule is Cc1cc(F)ccc1CCNC(=O)C1CC(O)CN1. The Kier molecular flexibility index (Phi) is 4.50. The number of nitrogens with one attached hydrogen (secondary N) is 2. The van der Waals surface area contributed by atoms with Crippen LogP contribution >= 0.6 is 0 Å². The lowest BCUT2D eigenvalue weighted by atomic mass is 10.1. The van der Waals surface area contributed by atoms with Crippen molar-refractivity contribution in [3.05, 3.63) is 35.1 Å². The van der Waals surface area contributed by atoms with E-state index in [1.165, 1.54) is 12.1 Å². The Morgan fingerprint density at radius 2 is 2.37 bits per heavy atom. The lowest BCUT2D eigenvalue weighted by molar-refractivity contribution is -0.122. The molecule has 3 N–H and O–H groups in total. The minimum Gasteiger partial charge on any atom is -0.392 e. The van der Waals surface area contributed by atoms with Gasteiger partial charge in [0.1, 0.15) is 5.82 Å². The molecule has 1 aliphatic heterocycles. The van der Waals surface area contributed by atoms with Crippen LogP contribution < -0.4 is 10.6 Å². The molecule has 0 spiro atoms. The number of rotatable bonds is 4. The van der Waals surface area contributed by atoms with Crippen molar-refractivity contribution in [3.63, 3.8) is 0 Å². The number of halogens is 1. The molecule has 0 aliphatic carbocycles. The summed E-state index contributed by atoms with van der Waals surface area (Å²) in [5.74, 6) is -0.328. The predicted octanol–water partition coefficient (Wildman–Crippen LogP) is 0.516. The van der Waals surface area contributed by atoms with Gasteiger partial charge in [-0.05, 0) is 43.0 Å². The molecule has 0 bridgehead atoms. The van der Waals surface area contributed by atoms with Gasteiger partial charge >= 0.3 is 0 Å². The fraction of sp³-hybridized carbons (Fsp3) is 0.500. The molecule has 0 aromatic heterocycles. The number of aliphatic hydroxyl groups excluding tert-OH is 1. The molecule has 1 aromatic carbocycles. The Morgan fingerprint density at radius 1 is 1.58 bits per heavy atom. The summed E-state index contributed by atoms with van der Waals surface area (Å²) >= 11 is 0. The minimum absolute atomic E-state index is 0.0867. The third kappa shape index (κ3) is 3.75. The summed E-state index contributed by atoms with van der Waals surface area (Å²) in [4.78, 5) is 11.8. The van der Waals surface area contributed by atoms with Crippen LogP contribution in [0.4, 0.5) is 4.39 Å². The van der Waals surface area contributed by atoms with Crippen LogP contribution in [0.15, 0.2) is 18.2 Å². The second kappa shape index (κ2) is 6.12. The maximum absolute atomic E-state index is 12.9. The van der Waals surface area contributed by atoms with Crippen LogP contribution in [0.5, 0.6) is 0 Å². The summed E-state index contributed by atoms with van der Waals surface area (Å²) in [6.45, 7) is 2.84. The molecule has 0 radical (unpaired) electrons. The first-order chi connectivity index (χ1) is 9.06. The molecule has 19 heavy (non-hydrogen) atoms. The molecular weight excluding hydrogens is 247 g/mol. The zero-order valence-corrected chi connectivity index (χ0v) is 10.9. The molecule has 0 saturated carbocycles. The maximum Gasteiger partial charge on any atom is 0.237 e. The highest BCUT2D eigenvalue weighted by atomic mass is 19.1. The average molecular weight is 266 g/mol. The Labute approximate surface area is 112 Å². The van der Waals surface area contributed by atoms with E-state index in [0.29, 0.717) is 25.9 Å². The van der Waals surface area contributed by atoms with Gasteiger partial charge in [-0.1, -0.05) is 6.07 Å². The highest BCUT2D eigenvalue weighted by Gasteiger charge is 2.27. The lowest BCUT2D eigenvalue weighted by Crippen LogP contribution is -2.41. The van der Waals surface area contributed by atoms with Crippen molar-refractivity contribution in [2.45, 2.75) is 31.9 Å². The summed E-state index contributed by atoms with van der Waals surface area (Å²) in [5, 5.41) is 15.1. The third-order valence-electron chi connectivity index (χ3n) is 3.42. The molecule has 5 heteroatoms. The van der Waals surface area contributed by atoms with E-state index in [0.717, 1.165) is 11.1 Å². The zero-order valence-electron chi connectivity index (χ0n) is 10.9. The number of hydrogen-bond donors (Lipinski definition) is 3. The zero-order chi connectivity index (χ0) is 13.8. The second-order valence-corrected chi connectivity index (χ2v) is 4.96. The van der Waals surface area contributed by atoms with Crippen LogP contribution in [0.3, 0.4) is 0 Å². The largest absolute Gasteiger partial charge is 0.392 e. The lowest BCUT2D eigenvalue weighted by Gasteiger charge is -2.11. The number of carbonyl (C=O) groups excluding carboxylic acids is 1. The van der Waals surface area contributed by atoms with E-state index in [1.807, 2.05) is 6.92 Å². The molecule has 1 aromatic rings. The van der Waals surface area contributed by atoms with E-state index >= 15 is 0 Å². The number of aryl methyl sites for hydroxylation is 1. The second-order valence-electron chi connectivity index (χ2n) is 4.96. The fourth-order valence-corrected chi connectivity index (χ4v) is 2.30. The number of carbonyl (C=O) groups is 1. The summed E-state index contributed by atoms with van der Waals surface area (Å²) < 4.78 is 12.9. The van der Waals surface area contributed by atoms with Gasteiger partial charge in [0.2, 0.25) is 5.91 Å². The molecule has 1 fully saturated rings. The van der Waals surface area contributed by atoms with E-state index in [4.69, 9.17) is 0 Å². The molecule has 1 saturated heterocycles. The van der Waals surface area contributed by atoms with Crippen molar-refractivity contribution in [1.29, 1.82) is 0 Å². The number of benzene rings is 1. The Balaban J connectivity index is 1.78. The number of β-amino-alcohol motifs (C(OH)–C–C–N with tert-alkyl or cyclic N) is 1. The maximum atomic E-state index is 12.9. The van der Waals surface area contributed by atoms with Gasteiger partial charge in [-0.25, -0.2) is 4.39 Å². The van der Waals surface area contributed by atoms with Gasteiger partial charge in [-0.3, -0.25) is 4.79 Å². The van der Waals surface area contributed by atoms with Crippen molar-refractivity contribution < 1.29 is 14.3 Å². The number of amides is 1. The standard InChI is InChI=1S/C14H19FN2O2/c1-9-6-11(15)3-2-10(9)4-5-16-14(19)13-7-12(18)8-17-13/h2-3,6,12-13,17-18H,4-5,7-8H2,1H3,(H,16,19). The van der Waals surface area contributed by atoms with Gasteiger partial charge in [0, 0.05) is 13.1 Å². The molecule has 2 rings (SSSR count). The topological polar surface area (TPSA) is 61.4 Å². The summed E-state index contributed by atoms with van der Waals surface area (Å²) in [7, 11) is 0. The third-order valence-corrected chi connectivity index (χ3v) is 3.42. The van der Waals surface area contributed by atoms with Gasteiger partial charge in [0.25, 0.3) is 0 Å². The molecule has 104 valence electrons. The Morgan fingerprint density at radius 3 is 3.00 bits per heavy atom. The number of hydrogen-bond acceptors (Lipinski definition) is 3. The minimum atomic E-state index is -0.435. The van der Waals surface area contributed by atoms with E-state index < -0.39 is 6.10 Å². The highest BCUT2D eigenvalue weighted by molar-refractivity contribution is 5.82. The molecule has 2 atom stereocenters. The Bertz CT molecular complexity index is 465. The average Bonchev–Trinajstić information content (AvgIpc) is 2.78. The van der Waals surface area contributed by atoms with Crippen LogP contribution in [0.2, 0.25) is 0 Å². The van der Waals surface area contributed by atoms with Gasteiger partial charge in [-0.2, -0.15) is 0 Å². The fourth-order valence-electron chi connectivity index (χ4n) is 2.30. The Hall–Kier alpha value is -1.46. The quantitative estimate of drug-likeness (QED) is 0.744. The van der Waals surface area contributed by atoms with E-state index in [1.54, 1.807) is 6.07 Å². The van der Waals surface area contributed by atoms with Crippen LogP contribution in [0.25, 0.3) is 0 Å². The van der Waals surface area contributed by atoms with Crippen LogP contribution in [0, 0.1) is 12.7 Å². The van der Waals surface area contributed by atoms with Crippen molar-refractivity contribution in [3.8, 4) is 0 Å². The first kappa shape index (κ1) is 14.0. The first-order valence-electron chi connectivity index (χ1n) is 6.50. The van der Waals surface area contributed by atoms with Crippen molar-refractivity contribution >= 4 is 5.91 Å². The van der Waals surface area contributed by atoms with Gasteiger partial charge < -0.3 is 15.7 Å². The van der Waals surface area contributed by atoms with Gasteiger partial charge in [0.15, 0.2) is 0 Å². The summed E-state index contributed by atoms with van der Waals surface area (Å²) in [6.07, 6.45) is 0.698. The van der Waals surface area contributed by atoms with Gasteiger partial charge in [-0.15, -0.1) is 0 Å². The molecule has 2 unspecified atom stereocenters. The summed E-state index contributed by atoms with van der Waals surface area (Å²) in [6, 6.07) is 4.36. The van der Waals surface area contributed by atoms with Crippen LogP contribution in [-0.4, -0.2) is 36.2 Å². The summed E-state index contributed by atoms with van der Waals surface area (Å²) in [5.41, 5.74) is 1.92. The molecule has 4 nitrogen and oxygen atoms in total. The van der Waals surface area contributed by atoms with Gasteiger partial charge in [0.05, 0.1) is 12.1 Å². The molecule has 1 heterocycles. The first-order valence-corrected chi connectivity index (χ1v) is 6.50. The smallest absolute Gasteiger partial charge is 0.237 e. The number of aliphatic hydroxyl groups is 1. The van der Waals surface area contributed by atoms with E-state index in [9.17, 15) is 14.3 Å². The van der Waals surface area contributed by atoms with Crippen molar-refractivity contribution in [2.75, 3.05) is 13.1 Å². The van der Waals surface area contributed by atoms with Crippen LogP contribution in [-0.2, 0) is 11.2 Å². The molecule has 1 aliphatic rings. The normalized spacial score (nSPS) is 22.5. The van der Waals surface area contributed by atoms with Crippen molar-refractivity contribution in [2.24, 2.45) is 0 Å². The van der Waals surface area contributed by atoms with E-state index in [-0.39, 0.29) is 17.8 Å². The highest BCUT2D eigenvalue weighted by Crippen LogP contribution is 2.10. The molecular formula is C14H19FN2O2. The molecule has 1 amide bonds. The predicted molar refractivity (Wildman–Crippen MR) is 70.3 cm³/mol. The van der Waals surface area contributed by atoms with Crippen LogP contribution in [0.1, 0.15) is 17.5 Å². The van der Waals surface area contributed by atoms with E-state index in [2.05, 4.69) is 10.6 Å².